The summed E-state index contributed by atoms with van der Waals surface area (Å²) in [6.45, 7) is 4.06. The molecule has 0 aromatic heterocycles. The zero-order valence-corrected chi connectivity index (χ0v) is 16.4. The molecular formula is C17H23N3O4S2. The van der Waals surface area contributed by atoms with Crippen molar-refractivity contribution in [2.24, 2.45) is 0 Å². The maximum atomic E-state index is 12.2. The predicted molar refractivity (Wildman–Crippen MR) is 108 cm³/mol. The van der Waals surface area contributed by atoms with Crippen LogP contribution in [0.1, 0.15) is 32.6 Å². The first-order chi connectivity index (χ1) is 12.5. The average Bonchev–Trinajstić information content (AvgIpc) is 2.90. The van der Waals surface area contributed by atoms with Gasteiger partial charge in [0.05, 0.1) is 23.3 Å². The molecule has 1 aromatic rings. The van der Waals surface area contributed by atoms with Crippen LogP contribution in [0.4, 0.5) is 11.4 Å². The lowest BCUT2D eigenvalue weighted by atomic mass is 10.2. The molecule has 1 fully saturated rings. The number of nitrogens with zero attached hydrogens (tertiary/aromatic N) is 2. The Balaban J connectivity index is 1.92. The van der Waals surface area contributed by atoms with Gasteiger partial charge in [-0.3, -0.25) is 14.9 Å². The number of likely N-dealkylation sites (tertiary alicyclic amines) is 1. The van der Waals surface area contributed by atoms with E-state index in [2.05, 4.69) is 10.2 Å². The molecule has 0 aliphatic carbocycles. The molecule has 142 valence electrons. The smallest absolute Gasteiger partial charge is 0.296 e. The summed E-state index contributed by atoms with van der Waals surface area (Å²) >= 11 is 6.71. The van der Waals surface area contributed by atoms with Gasteiger partial charge < -0.3 is 15.0 Å². The van der Waals surface area contributed by atoms with Crippen molar-refractivity contribution < 1.29 is 14.5 Å². The van der Waals surface area contributed by atoms with E-state index in [-0.39, 0.29) is 23.0 Å². The molecule has 1 saturated heterocycles. The van der Waals surface area contributed by atoms with Gasteiger partial charge in [0.15, 0.2) is 0 Å². The minimum atomic E-state index is -0.535. The number of nitro benzene ring substituents is 1. The molecule has 1 N–H and O–H groups in total. The molecule has 9 heteroatoms. The number of hydrogen-bond acceptors (Lipinski definition) is 6. The lowest BCUT2D eigenvalue weighted by molar-refractivity contribution is -0.384. The highest BCUT2D eigenvalue weighted by atomic mass is 32.2. The van der Waals surface area contributed by atoms with Crippen LogP contribution >= 0.6 is 24.0 Å². The summed E-state index contributed by atoms with van der Waals surface area (Å²) in [5.41, 5.74) is -0.0332. The van der Waals surface area contributed by atoms with Gasteiger partial charge in [0.1, 0.15) is 15.8 Å². The minimum absolute atomic E-state index is 0.125. The number of nitrogens with one attached hydrogen (secondary N) is 1. The summed E-state index contributed by atoms with van der Waals surface area (Å²) in [7, 11) is 0. The van der Waals surface area contributed by atoms with Crippen LogP contribution in [0.2, 0.25) is 0 Å². The SMILES string of the molecule is CCOc1ccc(NC(=O)CSC(=S)N2CCCCCC2)c([N+](=O)[O-])c1. The fourth-order valence-corrected chi connectivity index (χ4v) is 3.73. The number of ether oxygens (including phenoxy) is 1. The number of thiocarbonyl (C=S) groups is 1. The van der Waals surface area contributed by atoms with Gasteiger partial charge in [-0.1, -0.05) is 36.8 Å². The Bertz CT molecular complexity index is 661. The van der Waals surface area contributed by atoms with Crippen LogP contribution in [0.25, 0.3) is 0 Å². The van der Waals surface area contributed by atoms with Crippen molar-refractivity contribution in [1.82, 2.24) is 4.90 Å². The highest BCUT2D eigenvalue weighted by molar-refractivity contribution is 8.23. The Kier molecular flexibility index (Phi) is 8.11. The van der Waals surface area contributed by atoms with Crippen LogP contribution in [0.15, 0.2) is 18.2 Å². The maximum absolute atomic E-state index is 12.2. The quantitative estimate of drug-likeness (QED) is 0.444. The van der Waals surface area contributed by atoms with Gasteiger partial charge in [-0.15, -0.1) is 0 Å². The average molecular weight is 398 g/mol. The number of rotatable bonds is 6. The van der Waals surface area contributed by atoms with Crippen molar-refractivity contribution in [3.8, 4) is 5.75 Å². The second kappa shape index (κ2) is 10.3. The largest absolute Gasteiger partial charge is 0.494 e. The third-order valence-corrected chi connectivity index (χ3v) is 5.47. The fraction of sp³-hybridized carbons (Fsp3) is 0.529. The number of carbonyl (C=O) groups is 1. The van der Waals surface area contributed by atoms with Crippen molar-refractivity contribution in [2.75, 3.05) is 30.8 Å². The lowest BCUT2D eigenvalue weighted by Gasteiger charge is -2.22. The molecule has 7 nitrogen and oxygen atoms in total. The molecule has 1 aromatic carbocycles. The molecule has 26 heavy (non-hydrogen) atoms. The van der Waals surface area contributed by atoms with E-state index in [0.717, 1.165) is 25.9 Å². The van der Waals surface area contributed by atoms with E-state index in [4.69, 9.17) is 17.0 Å². The van der Waals surface area contributed by atoms with Crippen LogP contribution in [-0.2, 0) is 4.79 Å². The number of thioether (sulfide) groups is 1. The fourth-order valence-electron chi connectivity index (χ4n) is 2.68. The Morgan fingerprint density at radius 2 is 2.04 bits per heavy atom. The highest BCUT2D eigenvalue weighted by Gasteiger charge is 2.19. The first-order valence-electron chi connectivity index (χ1n) is 8.64. The summed E-state index contributed by atoms with van der Waals surface area (Å²) < 4.78 is 5.98. The molecule has 0 bridgehead atoms. The molecule has 0 unspecified atom stereocenters. The van der Waals surface area contributed by atoms with Crippen LogP contribution in [-0.4, -0.2) is 45.5 Å². The second-order valence-corrected chi connectivity index (χ2v) is 7.48. The van der Waals surface area contributed by atoms with Gasteiger partial charge >= 0.3 is 0 Å². The van der Waals surface area contributed by atoms with E-state index in [1.54, 1.807) is 13.0 Å². The van der Waals surface area contributed by atoms with Crippen LogP contribution in [0.3, 0.4) is 0 Å². The van der Waals surface area contributed by atoms with Gasteiger partial charge in [0.2, 0.25) is 5.91 Å². The number of carbonyl (C=O) groups excluding carboxylic acids is 1. The molecule has 1 heterocycles. The zero-order chi connectivity index (χ0) is 18.9. The number of amides is 1. The molecule has 0 atom stereocenters. The van der Waals surface area contributed by atoms with Crippen LogP contribution < -0.4 is 10.1 Å². The predicted octanol–water partition coefficient (Wildman–Crippen LogP) is 3.83. The van der Waals surface area contributed by atoms with Crippen molar-refractivity contribution in [3.63, 3.8) is 0 Å². The third-order valence-electron chi connectivity index (χ3n) is 3.94. The van der Waals surface area contributed by atoms with Crippen molar-refractivity contribution >= 4 is 45.6 Å². The van der Waals surface area contributed by atoms with E-state index in [9.17, 15) is 14.9 Å². The van der Waals surface area contributed by atoms with E-state index < -0.39 is 4.92 Å². The van der Waals surface area contributed by atoms with Gasteiger partial charge in [-0.2, -0.15) is 0 Å². The normalized spacial score (nSPS) is 14.4. The summed E-state index contributed by atoms with van der Waals surface area (Å²) in [5.74, 6) is 0.202. The first-order valence-corrected chi connectivity index (χ1v) is 10.0. The van der Waals surface area contributed by atoms with E-state index in [0.29, 0.717) is 16.7 Å². The summed E-state index contributed by atoms with van der Waals surface area (Å²) in [6.07, 6.45) is 4.66. The highest BCUT2D eigenvalue weighted by Crippen LogP contribution is 2.29. The number of nitro groups is 1. The Morgan fingerprint density at radius 1 is 1.35 bits per heavy atom. The summed E-state index contributed by atoms with van der Waals surface area (Å²) in [5, 5.41) is 13.8. The standard InChI is InChI=1S/C17H23N3O4S2/c1-2-24-13-7-8-14(15(11-13)20(22)23)18-16(21)12-26-17(25)19-9-5-3-4-6-10-19/h7-8,11H,2-6,9-10,12H2,1H3,(H,18,21). The Morgan fingerprint density at radius 3 is 2.65 bits per heavy atom. The van der Waals surface area contributed by atoms with Crippen LogP contribution in [0, 0.1) is 10.1 Å². The van der Waals surface area contributed by atoms with Gasteiger partial charge in [0, 0.05) is 13.1 Å². The number of anilines is 1. The first kappa shape index (κ1) is 20.4. The zero-order valence-electron chi connectivity index (χ0n) is 14.7. The molecular weight excluding hydrogens is 374 g/mol. The molecule has 1 amide bonds. The van der Waals surface area contributed by atoms with Crippen LogP contribution in [0.5, 0.6) is 5.75 Å². The van der Waals surface area contributed by atoms with E-state index in [1.807, 2.05) is 0 Å². The number of benzene rings is 1. The summed E-state index contributed by atoms with van der Waals surface area (Å²) in [4.78, 5) is 25.0. The number of hydrogen-bond donors (Lipinski definition) is 1. The molecule has 0 radical (unpaired) electrons. The van der Waals surface area contributed by atoms with Crippen molar-refractivity contribution in [2.45, 2.75) is 32.6 Å². The van der Waals surface area contributed by atoms with Gasteiger partial charge in [-0.25, -0.2) is 0 Å². The topological polar surface area (TPSA) is 84.7 Å². The van der Waals surface area contributed by atoms with Crippen molar-refractivity contribution in [3.05, 3.63) is 28.3 Å². The third kappa shape index (κ3) is 6.14. The second-order valence-electron chi connectivity index (χ2n) is 5.87. The van der Waals surface area contributed by atoms with E-state index in [1.165, 1.54) is 36.7 Å². The maximum Gasteiger partial charge on any atom is 0.296 e. The Labute approximate surface area is 162 Å². The lowest BCUT2D eigenvalue weighted by Crippen LogP contribution is -2.29. The Hall–Kier alpha value is -1.87. The van der Waals surface area contributed by atoms with Gasteiger partial charge in [0.25, 0.3) is 5.69 Å². The molecule has 0 spiro atoms. The molecule has 1 aliphatic heterocycles. The monoisotopic (exact) mass is 397 g/mol. The molecule has 2 rings (SSSR count). The van der Waals surface area contributed by atoms with Crippen molar-refractivity contribution in [1.29, 1.82) is 0 Å². The van der Waals surface area contributed by atoms with Gasteiger partial charge in [-0.05, 0) is 31.9 Å². The summed E-state index contributed by atoms with van der Waals surface area (Å²) in [6, 6.07) is 4.40. The minimum Gasteiger partial charge on any atom is -0.494 e. The molecule has 1 aliphatic rings. The van der Waals surface area contributed by atoms with E-state index >= 15 is 0 Å². The molecule has 0 saturated carbocycles.